The molecule has 1 unspecified atom stereocenters. The standard InChI is InChI=1S/C15H21NO2/c1-10(2)18-14-6-4-12(5-7-14)15(17)11(3)13-8-16-9-13/h4-7,10-11,13,16H,8-9H2,1-3H3. The summed E-state index contributed by atoms with van der Waals surface area (Å²) in [5.74, 6) is 1.64. The van der Waals surface area contributed by atoms with Crippen molar-refractivity contribution in [2.75, 3.05) is 13.1 Å². The van der Waals surface area contributed by atoms with Gasteiger partial charge in [-0.3, -0.25) is 4.79 Å². The lowest BCUT2D eigenvalue weighted by Crippen LogP contribution is -2.47. The predicted molar refractivity (Wildman–Crippen MR) is 72.1 cm³/mol. The van der Waals surface area contributed by atoms with Crippen molar-refractivity contribution in [2.24, 2.45) is 11.8 Å². The van der Waals surface area contributed by atoms with Crippen molar-refractivity contribution in [3.63, 3.8) is 0 Å². The SMILES string of the molecule is CC(C)Oc1ccc(C(=O)C(C)C2CNC2)cc1. The number of carbonyl (C=O) groups excluding carboxylic acids is 1. The molecule has 0 saturated carbocycles. The lowest BCUT2D eigenvalue weighted by molar-refractivity contribution is 0.0854. The van der Waals surface area contributed by atoms with Gasteiger partial charge in [-0.05, 0) is 57.1 Å². The molecule has 0 amide bonds. The van der Waals surface area contributed by atoms with Gasteiger partial charge in [0.2, 0.25) is 0 Å². The minimum Gasteiger partial charge on any atom is -0.491 e. The summed E-state index contributed by atoms with van der Waals surface area (Å²) >= 11 is 0. The molecule has 1 heterocycles. The average Bonchev–Trinajstić information content (AvgIpc) is 2.26. The number of rotatable bonds is 5. The molecule has 1 fully saturated rings. The molecule has 1 aromatic rings. The van der Waals surface area contributed by atoms with Crippen LogP contribution in [0.4, 0.5) is 0 Å². The molecule has 1 aliphatic heterocycles. The first-order valence-corrected chi connectivity index (χ1v) is 6.59. The Balaban J connectivity index is 2.01. The highest BCUT2D eigenvalue weighted by atomic mass is 16.5. The quantitative estimate of drug-likeness (QED) is 0.812. The first kappa shape index (κ1) is 13.1. The van der Waals surface area contributed by atoms with Crippen molar-refractivity contribution < 1.29 is 9.53 Å². The van der Waals surface area contributed by atoms with E-state index in [9.17, 15) is 4.79 Å². The Bertz CT molecular complexity index is 407. The van der Waals surface area contributed by atoms with Crippen LogP contribution in [0.1, 0.15) is 31.1 Å². The van der Waals surface area contributed by atoms with E-state index in [0.717, 1.165) is 24.4 Å². The van der Waals surface area contributed by atoms with Crippen molar-refractivity contribution >= 4 is 5.78 Å². The third-order valence-corrected chi connectivity index (χ3v) is 3.44. The summed E-state index contributed by atoms with van der Waals surface area (Å²) in [4.78, 5) is 12.2. The van der Waals surface area contributed by atoms with E-state index in [1.165, 1.54) is 0 Å². The fraction of sp³-hybridized carbons (Fsp3) is 0.533. The maximum absolute atomic E-state index is 12.2. The average molecular weight is 247 g/mol. The number of benzene rings is 1. The zero-order valence-corrected chi connectivity index (χ0v) is 11.3. The second kappa shape index (κ2) is 5.53. The Kier molecular flexibility index (Phi) is 4.02. The van der Waals surface area contributed by atoms with Crippen molar-refractivity contribution in [2.45, 2.75) is 26.9 Å². The van der Waals surface area contributed by atoms with Crippen LogP contribution in [-0.4, -0.2) is 25.0 Å². The molecule has 1 aromatic carbocycles. The minimum atomic E-state index is 0.100. The second-order valence-corrected chi connectivity index (χ2v) is 5.26. The third kappa shape index (κ3) is 2.91. The normalized spacial score (nSPS) is 17.3. The van der Waals surface area contributed by atoms with Gasteiger partial charge in [0.1, 0.15) is 5.75 Å². The van der Waals surface area contributed by atoms with Crippen LogP contribution < -0.4 is 10.1 Å². The Morgan fingerprint density at radius 1 is 1.22 bits per heavy atom. The van der Waals surface area contributed by atoms with Gasteiger partial charge in [-0.2, -0.15) is 0 Å². The molecule has 2 rings (SSSR count). The molecule has 1 aliphatic rings. The molecule has 0 aliphatic carbocycles. The van der Waals surface area contributed by atoms with Gasteiger partial charge in [-0.1, -0.05) is 6.92 Å². The molecule has 98 valence electrons. The van der Waals surface area contributed by atoms with Gasteiger partial charge in [-0.15, -0.1) is 0 Å². The molecule has 1 saturated heterocycles. The number of carbonyl (C=O) groups is 1. The van der Waals surface area contributed by atoms with Crippen LogP contribution in [0.15, 0.2) is 24.3 Å². The predicted octanol–water partition coefficient (Wildman–Crippen LogP) is 2.51. The molecular weight excluding hydrogens is 226 g/mol. The van der Waals surface area contributed by atoms with Crippen LogP contribution >= 0.6 is 0 Å². The zero-order valence-electron chi connectivity index (χ0n) is 11.3. The van der Waals surface area contributed by atoms with Crippen molar-refractivity contribution in [3.8, 4) is 5.75 Å². The monoisotopic (exact) mass is 247 g/mol. The van der Waals surface area contributed by atoms with Gasteiger partial charge in [0, 0.05) is 11.5 Å². The largest absolute Gasteiger partial charge is 0.491 e. The van der Waals surface area contributed by atoms with Gasteiger partial charge < -0.3 is 10.1 Å². The van der Waals surface area contributed by atoms with Crippen LogP contribution in [-0.2, 0) is 0 Å². The van der Waals surface area contributed by atoms with Gasteiger partial charge >= 0.3 is 0 Å². The van der Waals surface area contributed by atoms with Crippen molar-refractivity contribution in [3.05, 3.63) is 29.8 Å². The molecule has 1 N–H and O–H groups in total. The summed E-state index contributed by atoms with van der Waals surface area (Å²) in [5.41, 5.74) is 0.783. The number of Topliss-reactive ketones (excluding diaryl/α,β-unsaturated/α-hetero) is 1. The maximum Gasteiger partial charge on any atom is 0.166 e. The van der Waals surface area contributed by atoms with E-state index in [4.69, 9.17) is 4.74 Å². The van der Waals surface area contributed by atoms with E-state index in [1.807, 2.05) is 45.0 Å². The fourth-order valence-corrected chi connectivity index (χ4v) is 2.11. The van der Waals surface area contributed by atoms with Gasteiger partial charge in [0.05, 0.1) is 6.10 Å². The zero-order chi connectivity index (χ0) is 13.1. The highest BCUT2D eigenvalue weighted by Crippen LogP contribution is 2.22. The van der Waals surface area contributed by atoms with E-state index in [0.29, 0.717) is 5.92 Å². The summed E-state index contributed by atoms with van der Waals surface area (Å²) < 4.78 is 5.57. The Morgan fingerprint density at radius 2 is 1.83 bits per heavy atom. The molecule has 0 bridgehead atoms. The van der Waals surface area contributed by atoms with Crippen LogP contribution in [0.5, 0.6) is 5.75 Å². The lowest BCUT2D eigenvalue weighted by atomic mass is 9.83. The highest BCUT2D eigenvalue weighted by Gasteiger charge is 2.29. The van der Waals surface area contributed by atoms with E-state index < -0.39 is 0 Å². The molecule has 3 nitrogen and oxygen atoms in total. The van der Waals surface area contributed by atoms with E-state index in [2.05, 4.69) is 5.32 Å². The summed E-state index contributed by atoms with van der Waals surface area (Å²) in [5, 5.41) is 3.21. The smallest absolute Gasteiger partial charge is 0.166 e. The molecule has 0 spiro atoms. The lowest BCUT2D eigenvalue weighted by Gasteiger charge is -2.31. The fourth-order valence-electron chi connectivity index (χ4n) is 2.11. The molecule has 18 heavy (non-hydrogen) atoms. The van der Waals surface area contributed by atoms with Crippen LogP contribution in [0.25, 0.3) is 0 Å². The first-order chi connectivity index (χ1) is 8.58. The van der Waals surface area contributed by atoms with E-state index in [-0.39, 0.29) is 17.8 Å². The molecule has 3 heteroatoms. The topological polar surface area (TPSA) is 38.3 Å². The van der Waals surface area contributed by atoms with E-state index in [1.54, 1.807) is 0 Å². The summed E-state index contributed by atoms with van der Waals surface area (Å²) in [7, 11) is 0. The number of hydrogen-bond donors (Lipinski definition) is 1. The van der Waals surface area contributed by atoms with E-state index >= 15 is 0 Å². The van der Waals surface area contributed by atoms with Gasteiger partial charge in [0.15, 0.2) is 5.78 Å². The maximum atomic E-state index is 12.2. The summed E-state index contributed by atoms with van der Waals surface area (Å²) in [6.07, 6.45) is 0.159. The highest BCUT2D eigenvalue weighted by molar-refractivity contribution is 5.98. The Morgan fingerprint density at radius 3 is 2.28 bits per heavy atom. The van der Waals surface area contributed by atoms with Gasteiger partial charge in [0.25, 0.3) is 0 Å². The molecule has 1 atom stereocenters. The molecule has 0 aromatic heterocycles. The van der Waals surface area contributed by atoms with Crippen molar-refractivity contribution in [1.82, 2.24) is 5.32 Å². The molecular formula is C15H21NO2. The van der Waals surface area contributed by atoms with Crippen LogP contribution in [0, 0.1) is 11.8 Å². The summed E-state index contributed by atoms with van der Waals surface area (Å²) in [6.45, 7) is 7.92. The van der Waals surface area contributed by atoms with Crippen LogP contribution in [0.2, 0.25) is 0 Å². The van der Waals surface area contributed by atoms with Gasteiger partial charge in [-0.25, -0.2) is 0 Å². The summed E-state index contributed by atoms with van der Waals surface area (Å²) in [6, 6.07) is 7.48. The Hall–Kier alpha value is -1.35. The first-order valence-electron chi connectivity index (χ1n) is 6.59. The Labute approximate surface area is 109 Å². The van der Waals surface area contributed by atoms with Crippen molar-refractivity contribution in [1.29, 1.82) is 0 Å². The third-order valence-electron chi connectivity index (χ3n) is 3.44. The number of nitrogens with one attached hydrogen (secondary N) is 1. The second-order valence-electron chi connectivity index (χ2n) is 5.26. The van der Waals surface area contributed by atoms with Crippen LogP contribution in [0.3, 0.4) is 0 Å². The number of ketones is 1. The minimum absolute atomic E-state index is 0.100. The molecule has 0 radical (unpaired) electrons. The number of ether oxygens (including phenoxy) is 1. The number of hydrogen-bond acceptors (Lipinski definition) is 3.